The Morgan fingerprint density at radius 1 is 1.19 bits per heavy atom. The second kappa shape index (κ2) is 8.57. The lowest BCUT2D eigenvalue weighted by atomic mass is 10.2. The Labute approximate surface area is 176 Å². The van der Waals surface area contributed by atoms with E-state index in [-0.39, 0.29) is 26.9 Å². The number of nitrogens with two attached hydrogens (primary N) is 1. The average Bonchev–Trinajstić information content (AvgIpc) is 2.96. The Kier molecular flexibility index (Phi) is 6.87. The summed E-state index contributed by atoms with van der Waals surface area (Å²) in [4.78, 5) is 5.27. The van der Waals surface area contributed by atoms with Gasteiger partial charge in [0, 0.05) is 18.0 Å². The summed E-state index contributed by atoms with van der Waals surface area (Å²) in [6.45, 7) is 0. The third-order valence-electron chi connectivity index (χ3n) is 3.75. The molecule has 144 valence electrons. The van der Waals surface area contributed by atoms with Gasteiger partial charge in [-0.15, -0.1) is 28.3 Å². The van der Waals surface area contributed by atoms with Crippen molar-refractivity contribution in [3.05, 3.63) is 57.7 Å². The van der Waals surface area contributed by atoms with Crippen LogP contribution in [0.15, 0.2) is 57.7 Å². The third-order valence-corrected chi connectivity index (χ3v) is 6.06. The number of benzene rings is 2. The molecule has 0 radical (unpaired) electrons. The predicted molar refractivity (Wildman–Crippen MR) is 114 cm³/mol. The van der Waals surface area contributed by atoms with Gasteiger partial charge in [-0.3, -0.25) is 0 Å². The van der Waals surface area contributed by atoms with Gasteiger partial charge in [-0.1, -0.05) is 17.7 Å². The molecule has 1 aromatic heterocycles. The van der Waals surface area contributed by atoms with Crippen LogP contribution in [-0.4, -0.2) is 20.1 Å². The molecule has 0 saturated carbocycles. The van der Waals surface area contributed by atoms with Crippen molar-refractivity contribution < 1.29 is 13.2 Å². The number of methoxy groups -OCH3 is 1. The zero-order valence-electron chi connectivity index (χ0n) is 14.4. The number of sulfonamides is 1. The van der Waals surface area contributed by atoms with E-state index in [9.17, 15) is 8.42 Å². The molecular weight excluding hydrogens is 474 g/mol. The fraction of sp³-hybridized carbons (Fsp3) is 0.118. The molecule has 0 unspecified atom stereocenters. The number of ether oxygens (including phenoxy) is 1. The van der Waals surface area contributed by atoms with E-state index in [0.29, 0.717) is 5.56 Å². The van der Waals surface area contributed by atoms with Gasteiger partial charge in [-0.05, 0) is 36.4 Å². The van der Waals surface area contributed by atoms with Gasteiger partial charge in [0.05, 0.1) is 23.5 Å². The highest BCUT2D eigenvalue weighted by Gasteiger charge is 2.15. The summed E-state index contributed by atoms with van der Waals surface area (Å²) in [6.07, 6.45) is 0. The summed E-state index contributed by atoms with van der Waals surface area (Å²) in [6, 6.07) is 12.1. The quantitative estimate of drug-likeness (QED) is 0.602. The second-order valence-electron chi connectivity index (χ2n) is 5.46. The first-order valence-corrected chi connectivity index (χ1v) is 10.3. The zero-order valence-corrected chi connectivity index (χ0v) is 18.5. The summed E-state index contributed by atoms with van der Waals surface area (Å²) in [5.74, 6) is 0.761. The van der Waals surface area contributed by atoms with Gasteiger partial charge in [0.1, 0.15) is 10.6 Å². The van der Waals surface area contributed by atoms with Crippen LogP contribution in [0.25, 0.3) is 11.3 Å². The number of aromatic nitrogens is 1. The Bertz CT molecular complexity index is 1120. The molecule has 3 rings (SSSR count). The van der Waals surface area contributed by atoms with Crippen LogP contribution in [0, 0.1) is 0 Å². The number of rotatable bonds is 4. The molecule has 1 heterocycles. The lowest BCUT2D eigenvalue weighted by Crippen LogP contribution is -2.13. The fourth-order valence-electron chi connectivity index (χ4n) is 2.38. The van der Waals surface area contributed by atoms with Gasteiger partial charge in [-0.2, -0.15) is 0 Å². The fourth-order valence-corrected chi connectivity index (χ4v) is 4.38. The smallest absolute Gasteiger partial charge is 0.239 e. The van der Waals surface area contributed by atoms with Crippen LogP contribution >= 0.6 is 39.9 Å². The Balaban J connectivity index is 0.00000261. The number of thiazole rings is 1. The van der Waals surface area contributed by atoms with Crippen molar-refractivity contribution in [1.82, 2.24) is 4.57 Å². The number of halogens is 2. The van der Waals surface area contributed by atoms with Gasteiger partial charge in [0.25, 0.3) is 0 Å². The highest BCUT2D eigenvalue weighted by atomic mass is 79.9. The number of hydrogen-bond acceptors (Lipinski definition) is 5. The minimum absolute atomic E-state index is 0. The molecule has 0 amide bonds. The van der Waals surface area contributed by atoms with E-state index in [1.807, 2.05) is 41.3 Å². The number of primary sulfonamides is 1. The number of hydrogen-bond donors (Lipinski definition) is 1. The van der Waals surface area contributed by atoms with E-state index in [4.69, 9.17) is 21.5 Å². The molecule has 0 atom stereocenters. The van der Waals surface area contributed by atoms with Gasteiger partial charge < -0.3 is 9.30 Å². The summed E-state index contributed by atoms with van der Waals surface area (Å²) >= 11 is 7.40. The van der Waals surface area contributed by atoms with Crippen LogP contribution in [-0.2, 0) is 17.1 Å². The van der Waals surface area contributed by atoms with Crippen molar-refractivity contribution in [2.24, 2.45) is 17.2 Å². The first kappa shape index (κ1) is 21.6. The molecule has 0 bridgehead atoms. The highest BCUT2D eigenvalue weighted by Crippen LogP contribution is 2.28. The van der Waals surface area contributed by atoms with Crippen molar-refractivity contribution in [2.45, 2.75) is 4.90 Å². The topological polar surface area (TPSA) is 86.7 Å². The average molecular weight is 491 g/mol. The molecular formula is C17H17BrClN3O3S2. The Morgan fingerprint density at radius 3 is 2.44 bits per heavy atom. The maximum Gasteiger partial charge on any atom is 0.239 e. The van der Waals surface area contributed by atoms with Gasteiger partial charge in [0.15, 0.2) is 4.80 Å². The van der Waals surface area contributed by atoms with Crippen LogP contribution in [0.1, 0.15) is 0 Å². The highest BCUT2D eigenvalue weighted by molar-refractivity contribution is 8.93. The van der Waals surface area contributed by atoms with Crippen molar-refractivity contribution in [3.8, 4) is 17.0 Å². The molecule has 3 aromatic rings. The van der Waals surface area contributed by atoms with Crippen LogP contribution in [0.4, 0.5) is 5.69 Å². The van der Waals surface area contributed by atoms with E-state index in [1.54, 1.807) is 13.2 Å². The summed E-state index contributed by atoms with van der Waals surface area (Å²) in [5.41, 5.74) is 2.29. The largest absolute Gasteiger partial charge is 0.497 e. The zero-order chi connectivity index (χ0) is 18.9. The van der Waals surface area contributed by atoms with Crippen molar-refractivity contribution in [2.75, 3.05) is 7.11 Å². The SMILES string of the molecule is Br.COc1ccc(/N=c2/scc(-c3ccc(Cl)c(S(N)(=O)=O)c3)n2C)cc1. The van der Waals surface area contributed by atoms with Gasteiger partial charge in [0.2, 0.25) is 10.0 Å². The first-order chi connectivity index (χ1) is 12.3. The molecule has 6 nitrogen and oxygen atoms in total. The molecule has 10 heteroatoms. The molecule has 0 saturated heterocycles. The van der Waals surface area contributed by atoms with Crippen molar-refractivity contribution in [1.29, 1.82) is 0 Å². The normalized spacial score (nSPS) is 11.9. The molecule has 2 aromatic carbocycles. The Morgan fingerprint density at radius 2 is 1.85 bits per heavy atom. The molecule has 0 aliphatic heterocycles. The molecule has 0 fully saturated rings. The standard InChI is InChI=1S/C17H16ClN3O3S2.BrH/c1-21-15(11-3-8-14(18)16(9-11)26(19,22)23)10-25-17(21)20-12-4-6-13(24-2)7-5-12;/h3-10H,1-2H3,(H2,19,22,23);1H/b20-17+;. The maximum atomic E-state index is 11.7. The maximum absolute atomic E-state index is 11.7. The summed E-state index contributed by atoms with van der Waals surface area (Å²) in [7, 11) is -0.427. The minimum Gasteiger partial charge on any atom is -0.497 e. The lowest BCUT2D eigenvalue weighted by molar-refractivity contribution is 0.415. The van der Waals surface area contributed by atoms with E-state index in [1.165, 1.54) is 23.5 Å². The third kappa shape index (κ3) is 4.80. The van der Waals surface area contributed by atoms with E-state index < -0.39 is 10.0 Å². The van der Waals surface area contributed by atoms with Crippen LogP contribution in [0.5, 0.6) is 5.75 Å². The summed E-state index contributed by atoms with van der Waals surface area (Å²) < 4.78 is 30.4. The van der Waals surface area contributed by atoms with Gasteiger partial charge in [-0.25, -0.2) is 18.5 Å². The predicted octanol–water partition coefficient (Wildman–Crippen LogP) is 3.87. The van der Waals surface area contributed by atoms with Crippen LogP contribution < -0.4 is 14.7 Å². The second-order valence-corrected chi connectivity index (χ2v) is 8.24. The Hall–Kier alpha value is -1.65. The van der Waals surface area contributed by atoms with E-state index >= 15 is 0 Å². The summed E-state index contributed by atoms with van der Waals surface area (Å²) in [5, 5.41) is 7.22. The van der Waals surface area contributed by atoms with Gasteiger partial charge >= 0.3 is 0 Å². The minimum atomic E-state index is -3.90. The van der Waals surface area contributed by atoms with Crippen molar-refractivity contribution in [3.63, 3.8) is 0 Å². The molecule has 0 aliphatic rings. The van der Waals surface area contributed by atoms with E-state index in [0.717, 1.165) is 21.9 Å². The molecule has 0 aliphatic carbocycles. The van der Waals surface area contributed by atoms with E-state index in [2.05, 4.69) is 4.99 Å². The first-order valence-electron chi connectivity index (χ1n) is 7.45. The van der Waals surface area contributed by atoms with Crippen LogP contribution in [0.3, 0.4) is 0 Å². The van der Waals surface area contributed by atoms with Crippen LogP contribution in [0.2, 0.25) is 5.02 Å². The van der Waals surface area contributed by atoms with Crippen molar-refractivity contribution >= 4 is 55.6 Å². The monoisotopic (exact) mass is 489 g/mol. The lowest BCUT2D eigenvalue weighted by Gasteiger charge is -2.07. The molecule has 27 heavy (non-hydrogen) atoms. The number of nitrogens with zero attached hydrogens (tertiary/aromatic N) is 2. The molecule has 2 N–H and O–H groups in total. The molecule has 0 spiro atoms.